The van der Waals surface area contributed by atoms with Crippen molar-refractivity contribution in [1.82, 2.24) is 0 Å². The third kappa shape index (κ3) is 5.44. The summed E-state index contributed by atoms with van der Waals surface area (Å²) in [4.78, 5) is 0. The van der Waals surface area contributed by atoms with Gasteiger partial charge in [0.05, 0.1) is 18.8 Å². The summed E-state index contributed by atoms with van der Waals surface area (Å²) in [7, 11) is 0. The molecule has 0 saturated carbocycles. The number of nitrogens with one attached hydrogen (secondary N) is 1. The van der Waals surface area contributed by atoms with E-state index in [-0.39, 0.29) is 5.71 Å². The minimum atomic E-state index is 0.187. The summed E-state index contributed by atoms with van der Waals surface area (Å²) in [6, 6.07) is 9.11. The summed E-state index contributed by atoms with van der Waals surface area (Å²) >= 11 is 5.82. The molecule has 0 atom stereocenters. The molecule has 6 heteroatoms. The van der Waals surface area contributed by atoms with Crippen molar-refractivity contribution in [2.45, 2.75) is 26.7 Å². The molecule has 0 saturated heterocycles. The first-order chi connectivity index (χ1) is 10.1. The van der Waals surface area contributed by atoms with Crippen LogP contribution in [0.5, 0.6) is 0 Å². The molecule has 0 unspecified atom stereocenters. The third-order valence-corrected chi connectivity index (χ3v) is 3.07. The molecule has 0 aliphatic carbocycles. The van der Waals surface area contributed by atoms with Crippen LogP contribution in [0.2, 0.25) is 5.02 Å². The summed E-state index contributed by atoms with van der Waals surface area (Å²) in [5, 5.41) is 14.0. The van der Waals surface area contributed by atoms with E-state index < -0.39 is 0 Å². The molecule has 3 N–H and O–H groups in total. The number of rotatable bonds is 7. The highest BCUT2D eigenvalue weighted by Gasteiger charge is 2.15. The second kappa shape index (κ2) is 8.98. The van der Waals surface area contributed by atoms with Gasteiger partial charge in [0, 0.05) is 5.02 Å². The molecule has 0 radical (unpaired) electrons. The standard InChI is InChI=1S/C15H20ClN5/c1-3-9-21(10-4-2)15(18)14(11-17)20-19-13-7-5-12(16)6-8-13/h5-8H,3-4,9-10H2,1-2H3,(H2,18,19)/p+1. The summed E-state index contributed by atoms with van der Waals surface area (Å²) in [6.45, 7) is 5.76. The Kier molecular flexibility index (Phi) is 7.27. The Labute approximate surface area is 130 Å². The van der Waals surface area contributed by atoms with E-state index in [1.165, 1.54) is 0 Å². The lowest BCUT2D eigenvalue weighted by molar-refractivity contribution is -0.527. The minimum Gasteiger partial charge on any atom is -0.285 e. The van der Waals surface area contributed by atoms with E-state index in [1.54, 1.807) is 24.3 Å². The second-order valence-corrected chi connectivity index (χ2v) is 5.00. The van der Waals surface area contributed by atoms with Gasteiger partial charge in [-0.15, -0.1) is 0 Å². The van der Waals surface area contributed by atoms with Gasteiger partial charge in [-0.3, -0.25) is 15.7 Å². The number of hydrogen-bond acceptors (Lipinski definition) is 3. The van der Waals surface area contributed by atoms with Crippen molar-refractivity contribution in [2.75, 3.05) is 18.5 Å². The zero-order chi connectivity index (χ0) is 15.7. The quantitative estimate of drug-likeness (QED) is 0.352. The van der Waals surface area contributed by atoms with Gasteiger partial charge < -0.3 is 0 Å². The number of hydrazone groups is 1. The number of amidine groups is 1. The van der Waals surface area contributed by atoms with Gasteiger partial charge in [0.1, 0.15) is 6.07 Å². The highest BCUT2D eigenvalue weighted by molar-refractivity contribution is 6.45. The van der Waals surface area contributed by atoms with Crippen LogP contribution < -0.4 is 11.2 Å². The number of benzene rings is 1. The maximum atomic E-state index is 9.23. The van der Waals surface area contributed by atoms with Crippen LogP contribution in [0.25, 0.3) is 0 Å². The number of nitrogens with two attached hydrogens (primary N) is 1. The van der Waals surface area contributed by atoms with E-state index in [9.17, 15) is 5.26 Å². The van der Waals surface area contributed by atoms with Gasteiger partial charge in [-0.2, -0.15) is 10.4 Å². The molecule has 1 rings (SSSR count). The molecule has 0 amide bonds. The predicted octanol–water partition coefficient (Wildman–Crippen LogP) is 2.82. The summed E-state index contributed by atoms with van der Waals surface area (Å²) in [5.41, 5.74) is 9.82. The average Bonchev–Trinajstić information content (AvgIpc) is 2.49. The third-order valence-electron chi connectivity index (χ3n) is 2.82. The lowest BCUT2D eigenvalue weighted by atomic mass is 10.3. The number of hydrogen-bond donors (Lipinski definition) is 2. The largest absolute Gasteiger partial charge is 0.306 e. The average molecular weight is 307 g/mol. The molecule has 0 heterocycles. The molecule has 0 aliphatic heterocycles. The van der Waals surface area contributed by atoms with Crippen molar-refractivity contribution in [3.05, 3.63) is 29.3 Å². The molecule has 1 aromatic carbocycles. The number of halogens is 1. The van der Waals surface area contributed by atoms with E-state index >= 15 is 0 Å². The Balaban J connectivity index is 2.94. The second-order valence-electron chi connectivity index (χ2n) is 4.56. The zero-order valence-electron chi connectivity index (χ0n) is 12.4. The SMILES string of the molecule is CCC[N+](CCC)=C(N)/C(C#N)=N/Nc1ccc(Cl)cc1. The Morgan fingerprint density at radius 3 is 2.33 bits per heavy atom. The van der Waals surface area contributed by atoms with Gasteiger partial charge >= 0.3 is 5.84 Å². The summed E-state index contributed by atoms with van der Waals surface area (Å²) < 4.78 is 1.98. The van der Waals surface area contributed by atoms with Crippen LogP contribution in [0.3, 0.4) is 0 Å². The smallest absolute Gasteiger partial charge is 0.285 e. The van der Waals surface area contributed by atoms with Crippen molar-refractivity contribution >= 4 is 28.8 Å². The molecule has 5 nitrogen and oxygen atoms in total. The van der Waals surface area contributed by atoms with Gasteiger partial charge in [-0.1, -0.05) is 25.4 Å². The molecule has 0 aromatic heterocycles. The topological polar surface area (TPSA) is 77.2 Å². The van der Waals surface area contributed by atoms with E-state index in [0.717, 1.165) is 31.6 Å². The van der Waals surface area contributed by atoms with Crippen LogP contribution in [0.1, 0.15) is 26.7 Å². The molecule has 0 fully saturated rings. The van der Waals surface area contributed by atoms with Gasteiger partial charge in [-0.25, -0.2) is 0 Å². The van der Waals surface area contributed by atoms with Gasteiger partial charge in [0.15, 0.2) is 0 Å². The number of nitriles is 1. The van der Waals surface area contributed by atoms with Crippen LogP contribution in [0.15, 0.2) is 29.4 Å². The highest BCUT2D eigenvalue weighted by atomic mass is 35.5. The fourth-order valence-corrected chi connectivity index (χ4v) is 1.95. The molecular weight excluding hydrogens is 286 g/mol. The van der Waals surface area contributed by atoms with Crippen molar-refractivity contribution < 1.29 is 4.58 Å². The van der Waals surface area contributed by atoms with Crippen molar-refractivity contribution in [1.29, 1.82) is 5.26 Å². The van der Waals surface area contributed by atoms with Gasteiger partial charge in [-0.05, 0) is 37.1 Å². The highest BCUT2D eigenvalue weighted by Crippen LogP contribution is 2.13. The van der Waals surface area contributed by atoms with Crippen LogP contribution in [-0.4, -0.2) is 29.2 Å². The van der Waals surface area contributed by atoms with E-state index in [1.807, 2.05) is 10.6 Å². The van der Waals surface area contributed by atoms with Crippen LogP contribution in [0.4, 0.5) is 5.69 Å². The first-order valence-corrected chi connectivity index (χ1v) is 7.37. The predicted molar refractivity (Wildman–Crippen MR) is 87.9 cm³/mol. The Morgan fingerprint density at radius 1 is 1.29 bits per heavy atom. The van der Waals surface area contributed by atoms with Crippen molar-refractivity contribution in [2.24, 2.45) is 10.8 Å². The molecular formula is C15H21ClN5+. The Morgan fingerprint density at radius 2 is 1.86 bits per heavy atom. The minimum absolute atomic E-state index is 0.187. The Bertz CT molecular complexity index is 546. The molecule has 0 spiro atoms. The zero-order valence-corrected chi connectivity index (χ0v) is 13.2. The maximum absolute atomic E-state index is 9.23. The lowest BCUT2D eigenvalue weighted by Crippen LogP contribution is -2.36. The summed E-state index contributed by atoms with van der Waals surface area (Å²) in [5.74, 6) is 0.405. The molecule has 0 bridgehead atoms. The molecule has 1 aromatic rings. The first-order valence-electron chi connectivity index (χ1n) is 6.99. The molecule has 0 aliphatic rings. The lowest BCUT2D eigenvalue weighted by Gasteiger charge is -2.07. The molecule has 112 valence electrons. The summed E-state index contributed by atoms with van der Waals surface area (Å²) in [6.07, 6.45) is 1.92. The van der Waals surface area contributed by atoms with Gasteiger partial charge in [0.2, 0.25) is 5.71 Å². The number of anilines is 1. The Hall–Kier alpha value is -2.06. The van der Waals surface area contributed by atoms with Crippen LogP contribution in [0, 0.1) is 11.3 Å². The maximum Gasteiger partial charge on any atom is 0.306 e. The molecule has 21 heavy (non-hydrogen) atoms. The fourth-order valence-electron chi connectivity index (χ4n) is 1.83. The van der Waals surface area contributed by atoms with Crippen LogP contribution in [-0.2, 0) is 0 Å². The van der Waals surface area contributed by atoms with Crippen molar-refractivity contribution in [3.8, 4) is 6.07 Å². The van der Waals surface area contributed by atoms with E-state index in [2.05, 4.69) is 24.4 Å². The van der Waals surface area contributed by atoms with Crippen molar-refractivity contribution in [3.63, 3.8) is 0 Å². The van der Waals surface area contributed by atoms with E-state index in [4.69, 9.17) is 17.3 Å². The fraction of sp³-hybridized carbons (Fsp3) is 0.400. The normalized spacial score (nSPS) is 10.9. The van der Waals surface area contributed by atoms with E-state index in [0.29, 0.717) is 10.9 Å². The number of nitrogens with zero attached hydrogens (tertiary/aromatic N) is 3. The first kappa shape index (κ1) is 17.0. The van der Waals surface area contributed by atoms with Gasteiger partial charge in [0.25, 0.3) is 0 Å². The monoisotopic (exact) mass is 306 g/mol. The van der Waals surface area contributed by atoms with Crippen LogP contribution >= 0.6 is 11.6 Å².